The molecule has 0 spiro atoms. The lowest BCUT2D eigenvalue weighted by Crippen LogP contribution is -2.33. The maximum atomic E-state index is 13.0. The summed E-state index contributed by atoms with van der Waals surface area (Å²) in [6.45, 7) is 0.970. The highest BCUT2D eigenvalue weighted by Gasteiger charge is 2.39. The van der Waals surface area contributed by atoms with Gasteiger partial charge >= 0.3 is 0 Å². The van der Waals surface area contributed by atoms with Crippen LogP contribution in [-0.4, -0.2) is 30.9 Å². The lowest BCUT2D eigenvalue weighted by atomic mass is 10.1. The summed E-state index contributed by atoms with van der Waals surface area (Å²) in [4.78, 5) is 24.6. The van der Waals surface area contributed by atoms with Gasteiger partial charge in [-0.1, -0.05) is 0 Å². The smallest absolute Gasteiger partial charge is 0.299 e. The van der Waals surface area contributed by atoms with Crippen molar-refractivity contribution in [1.29, 1.82) is 0 Å². The number of halogens is 1. The van der Waals surface area contributed by atoms with Crippen molar-refractivity contribution in [2.45, 2.75) is 6.10 Å². The molecule has 1 fully saturated rings. The SMILES string of the molecule is O=C1C(=O)N(CC2CO2)c2ccc(F)cc21. The second kappa shape index (κ2) is 3.12. The van der Waals surface area contributed by atoms with E-state index in [0.29, 0.717) is 18.8 Å². The van der Waals surface area contributed by atoms with Crippen LogP contribution in [0.3, 0.4) is 0 Å². The van der Waals surface area contributed by atoms with Crippen molar-refractivity contribution < 1.29 is 18.7 Å². The molecule has 2 aliphatic rings. The molecule has 0 bridgehead atoms. The minimum atomic E-state index is -0.643. The molecule has 0 N–H and O–H groups in total. The number of carbonyl (C=O) groups is 2. The highest BCUT2D eigenvalue weighted by molar-refractivity contribution is 6.52. The lowest BCUT2D eigenvalue weighted by molar-refractivity contribution is -0.114. The van der Waals surface area contributed by atoms with Gasteiger partial charge in [0.05, 0.1) is 30.5 Å². The van der Waals surface area contributed by atoms with Crippen molar-refractivity contribution in [3.63, 3.8) is 0 Å². The molecule has 3 rings (SSSR count). The number of carbonyl (C=O) groups excluding carboxylic acids is 2. The summed E-state index contributed by atoms with van der Waals surface area (Å²) < 4.78 is 18.0. The first-order valence-corrected chi connectivity index (χ1v) is 4.94. The summed E-state index contributed by atoms with van der Waals surface area (Å²) >= 11 is 0. The second-order valence-corrected chi connectivity index (χ2v) is 3.86. The van der Waals surface area contributed by atoms with Crippen LogP contribution in [0.5, 0.6) is 0 Å². The number of rotatable bonds is 2. The number of hydrogen-bond acceptors (Lipinski definition) is 3. The Morgan fingerprint density at radius 3 is 2.88 bits per heavy atom. The van der Waals surface area contributed by atoms with Crippen LogP contribution in [0.2, 0.25) is 0 Å². The molecule has 1 saturated heterocycles. The summed E-state index contributed by atoms with van der Waals surface area (Å²) in [6, 6.07) is 3.80. The standard InChI is InChI=1S/C11H8FNO3/c12-6-1-2-9-8(3-6)10(14)11(15)13(9)4-7-5-16-7/h1-3,7H,4-5H2. The molecule has 5 heteroatoms. The Morgan fingerprint density at radius 2 is 2.19 bits per heavy atom. The molecule has 1 unspecified atom stereocenters. The van der Waals surface area contributed by atoms with Gasteiger partial charge in [-0.05, 0) is 18.2 Å². The number of ether oxygens (including phenoxy) is 1. The number of ketones is 1. The molecule has 2 heterocycles. The van der Waals surface area contributed by atoms with Crippen LogP contribution in [-0.2, 0) is 9.53 Å². The molecule has 4 nitrogen and oxygen atoms in total. The Kier molecular flexibility index (Phi) is 1.85. The van der Waals surface area contributed by atoms with Crippen LogP contribution in [0, 0.1) is 5.82 Å². The zero-order valence-corrected chi connectivity index (χ0v) is 8.27. The van der Waals surface area contributed by atoms with E-state index >= 15 is 0 Å². The van der Waals surface area contributed by atoms with Crippen LogP contribution in [0.15, 0.2) is 18.2 Å². The van der Waals surface area contributed by atoms with Crippen molar-refractivity contribution in [2.75, 3.05) is 18.1 Å². The van der Waals surface area contributed by atoms with E-state index in [1.54, 1.807) is 0 Å². The maximum absolute atomic E-state index is 13.0. The van der Waals surface area contributed by atoms with Crippen molar-refractivity contribution in [2.24, 2.45) is 0 Å². The molecular weight excluding hydrogens is 213 g/mol. The van der Waals surface area contributed by atoms with Gasteiger partial charge in [-0.2, -0.15) is 0 Å². The Balaban J connectivity index is 2.02. The number of hydrogen-bond donors (Lipinski definition) is 0. The van der Waals surface area contributed by atoms with Crippen molar-refractivity contribution in [3.05, 3.63) is 29.6 Å². The van der Waals surface area contributed by atoms with E-state index in [4.69, 9.17) is 4.74 Å². The van der Waals surface area contributed by atoms with Gasteiger partial charge in [0.2, 0.25) is 0 Å². The Bertz CT molecular complexity index is 496. The first kappa shape index (κ1) is 9.47. The molecule has 0 aromatic heterocycles. The number of amides is 1. The summed E-state index contributed by atoms with van der Waals surface area (Å²) in [5.74, 6) is -1.75. The minimum absolute atomic E-state index is 0.00718. The maximum Gasteiger partial charge on any atom is 0.299 e. The highest BCUT2D eigenvalue weighted by Crippen LogP contribution is 2.30. The minimum Gasteiger partial charge on any atom is -0.371 e. The average molecular weight is 221 g/mol. The largest absolute Gasteiger partial charge is 0.371 e. The topological polar surface area (TPSA) is 49.9 Å². The van der Waals surface area contributed by atoms with Crippen LogP contribution >= 0.6 is 0 Å². The fourth-order valence-corrected chi connectivity index (χ4v) is 1.83. The van der Waals surface area contributed by atoms with Crippen LogP contribution in [0.1, 0.15) is 10.4 Å². The summed E-state index contributed by atoms with van der Waals surface area (Å²) in [6.07, 6.45) is 0.00718. The van der Waals surface area contributed by atoms with Gasteiger partial charge in [0, 0.05) is 0 Å². The Hall–Kier alpha value is -1.75. The van der Waals surface area contributed by atoms with E-state index < -0.39 is 17.5 Å². The number of benzene rings is 1. The molecular formula is C11H8FNO3. The lowest BCUT2D eigenvalue weighted by Gasteiger charge is -2.14. The van der Waals surface area contributed by atoms with Gasteiger partial charge < -0.3 is 9.64 Å². The quantitative estimate of drug-likeness (QED) is 0.547. The van der Waals surface area contributed by atoms with E-state index in [1.807, 2.05) is 0 Å². The molecule has 82 valence electrons. The fourth-order valence-electron chi connectivity index (χ4n) is 1.83. The Morgan fingerprint density at radius 1 is 1.44 bits per heavy atom. The molecule has 0 radical (unpaired) electrons. The van der Waals surface area contributed by atoms with E-state index in [2.05, 4.69) is 0 Å². The average Bonchev–Trinajstić information content (AvgIpc) is 3.04. The molecule has 16 heavy (non-hydrogen) atoms. The van der Waals surface area contributed by atoms with Gasteiger partial charge in [-0.25, -0.2) is 4.39 Å². The van der Waals surface area contributed by atoms with Gasteiger partial charge in [0.1, 0.15) is 5.82 Å². The first-order valence-electron chi connectivity index (χ1n) is 4.94. The van der Waals surface area contributed by atoms with E-state index in [9.17, 15) is 14.0 Å². The Labute approximate surface area is 90.6 Å². The number of anilines is 1. The van der Waals surface area contributed by atoms with Gasteiger partial charge in [0.25, 0.3) is 11.7 Å². The summed E-state index contributed by atoms with van der Waals surface area (Å²) in [5, 5.41) is 0. The molecule has 1 aromatic rings. The van der Waals surface area contributed by atoms with Gasteiger partial charge in [-0.15, -0.1) is 0 Å². The molecule has 1 amide bonds. The van der Waals surface area contributed by atoms with Crippen LogP contribution in [0.4, 0.5) is 10.1 Å². The number of nitrogens with zero attached hydrogens (tertiary/aromatic N) is 1. The monoisotopic (exact) mass is 221 g/mol. The zero-order valence-electron chi connectivity index (χ0n) is 8.27. The summed E-state index contributed by atoms with van der Waals surface area (Å²) in [7, 11) is 0. The van der Waals surface area contributed by atoms with E-state index in [0.717, 1.165) is 6.07 Å². The van der Waals surface area contributed by atoms with Crippen LogP contribution < -0.4 is 4.90 Å². The predicted octanol–water partition coefficient (Wildman–Crippen LogP) is 0.754. The number of fused-ring (bicyclic) bond motifs is 1. The van der Waals surface area contributed by atoms with Crippen molar-refractivity contribution >= 4 is 17.4 Å². The third kappa shape index (κ3) is 1.32. The molecule has 0 aliphatic carbocycles. The first-order chi connectivity index (χ1) is 7.66. The third-order valence-corrected chi connectivity index (χ3v) is 2.72. The normalized spacial score (nSPS) is 22.6. The number of Topliss-reactive ketones (excluding diaryl/α,β-unsaturated/α-hetero) is 1. The number of epoxide rings is 1. The molecule has 1 aromatic carbocycles. The molecule has 2 aliphatic heterocycles. The second-order valence-electron chi connectivity index (χ2n) is 3.86. The highest BCUT2D eigenvalue weighted by atomic mass is 19.1. The summed E-state index contributed by atoms with van der Waals surface area (Å²) in [5.41, 5.74) is 0.623. The predicted molar refractivity (Wildman–Crippen MR) is 52.8 cm³/mol. The van der Waals surface area contributed by atoms with E-state index in [-0.39, 0.29) is 11.7 Å². The van der Waals surface area contributed by atoms with E-state index in [1.165, 1.54) is 17.0 Å². The van der Waals surface area contributed by atoms with Crippen LogP contribution in [0.25, 0.3) is 0 Å². The van der Waals surface area contributed by atoms with Gasteiger partial charge in [-0.3, -0.25) is 9.59 Å². The molecule has 1 atom stereocenters. The fraction of sp³-hybridized carbons (Fsp3) is 0.273. The molecule has 0 saturated carbocycles. The van der Waals surface area contributed by atoms with Gasteiger partial charge in [0.15, 0.2) is 0 Å². The third-order valence-electron chi connectivity index (χ3n) is 2.72. The van der Waals surface area contributed by atoms with Crippen molar-refractivity contribution in [3.8, 4) is 0 Å². The van der Waals surface area contributed by atoms with Crippen molar-refractivity contribution in [1.82, 2.24) is 0 Å². The zero-order chi connectivity index (χ0) is 11.3.